The number of halogens is 1. The molecule has 0 aliphatic rings. The van der Waals surface area contributed by atoms with Crippen molar-refractivity contribution in [2.45, 2.75) is 12.5 Å². The number of aromatic nitrogens is 1. The molecule has 0 radical (unpaired) electrons. The number of nitrogens with one attached hydrogen (secondary N) is 1. The number of rotatable bonds is 6. The Morgan fingerprint density at radius 1 is 1.22 bits per heavy atom. The van der Waals surface area contributed by atoms with Crippen LogP contribution in [0.4, 0.5) is 10.1 Å². The van der Waals surface area contributed by atoms with E-state index in [0.29, 0.717) is 5.69 Å². The van der Waals surface area contributed by atoms with Gasteiger partial charge in [-0.05, 0) is 52.7 Å². The predicted octanol–water partition coefficient (Wildman–Crippen LogP) is 4.01. The summed E-state index contributed by atoms with van der Waals surface area (Å²) in [6.07, 6.45) is 4.06. The van der Waals surface area contributed by atoms with Crippen LogP contribution in [0.2, 0.25) is 0 Å². The van der Waals surface area contributed by atoms with Gasteiger partial charge in [-0.15, -0.1) is 0 Å². The third-order valence-electron chi connectivity index (χ3n) is 4.18. The highest BCUT2D eigenvalue weighted by Crippen LogP contribution is 2.25. The average molecular weight is 385 g/mol. The molecule has 2 heterocycles. The number of carbonyl (C=O) groups excluding carboxylic acids is 2. The molecular weight excluding hydrogens is 365 g/mol. The van der Waals surface area contributed by atoms with E-state index in [1.54, 1.807) is 25.4 Å². The van der Waals surface area contributed by atoms with E-state index in [0.717, 1.165) is 5.56 Å². The minimum Gasteiger partial charge on any atom is -0.346 e. The van der Waals surface area contributed by atoms with Crippen LogP contribution in [-0.2, 0) is 4.79 Å². The van der Waals surface area contributed by atoms with Crippen molar-refractivity contribution in [1.29, 1.82) is 0 Å². The zero-order chi connectivity index (χ0) is 19.4. The molecule has 7 heteroatoms. The van der Waals surface area contributed by atoms with Crippen LogP contribution >= 0.6 is 11.3 Å². The number of hydrogen-bond acceptors (Lipinski definition) is 3. The first-order valence-corrected chi connectivity index (χ1v) is 9.35. The van der Waals surface area contributed by atoms with Gasteiger partial charge >= 0.3 is 0 Å². The molecule has 0 spiro atoms. The third-order valence-corrected chi connectivity index (χ3v) is 4.88. The van der Waals surface area contributed by atoms with Gasteiger partial charge in [0.15, 0.2) is 0 Å². The molecule has 0 saturated carbocycles. The minimum atomic E-state index is -0.616. The van der Waals surface area contributed by atoms with E-state index in [4.69, 9.17) is 0 Å². The molecule has 0 aliphatic carbocycles. The van der Waals surface area contributed by atoms with Crippen molar-refractivity contribution < 1.29 is 14.0 Å². The molecule has 0 aliphatic heterocycles. The molecule has 3 rings (SSSR count). The maximum atomic E-state index is 13.9. The number of amides is 2. The fourth-order valence-corrected chi connectivity index (χ4v) is 3.52. The Bertz CT molecular complexity index is 887. The van der Waals surface area contributed by atoms with Crippen LogP contribution in [0.25, 0.3) is 0 Å². The van der Waals surface area contributed by atoms with Crippen molar-refractivity contribution in [2.75, 3.05) is 19.4 Å². The van der Waals surface area contributed by atoms with Gasteiger partial charge in [-0.1, -0.05) is 0 Å². The number of nitrogens with zero attached hydrogens (tertiary/aromatic N) is 2. The molecule has 2 aromatic heterocycles. The van der Waals surface area contributed by atoms with Gasteiger partial charge in [0.25, 0.3) is 5.91 Å². The summed E-state index contributed by atoms with van der Waals surface area (Å²) in [4.78, 5) is 26.0. The van der Waals surface area contributed by atoms with E-state index in [2.05, 4.69) is 5.32 Å². The van der Waals surface area contributed by atoms with E-state index >= 15 is 0 Å². The summed E-state index contributed by atoms with van der Waals surface area (Å²) in [5.41, 5.74) is 1.37. The predicted molar refractivity (Wildman–Crippen MR) is 105 cm³/mol. The summed E-state index contributed by atoms with van der Waals surface area (Å²) in [6, 6.07) is 9.70. The minimum absolute atomic E-state index is 0.0717. The second kappa shape index (κ2) is 8.18. The van der Waals surface area contributed by atoms with E-state index < -0.39 is 11.7 Å². The molecule has 0 bridgehead atoms. The molecule has 0 saturated heterocycles. The molecule has 2 amide bonds. The van der Waals surface area contributed by atoms with Crippen molar-refractivity contribution >= 4 is 28.8 Å². The van der Waals surface area contributed by atoms with Crippen LogP contribution in [0.1, 0.15) is 28.4 Å². The highest BCUT2D eigenvalue weighted by Gasteiger charge is 2.19. The standard InChI is InChI=1S/C20H20FN3O2S/c1-23(2)20(26)16-11-15(5-6-17(16)21)22-19(25)12-18(14-7-10-27-13-14)24-8-3-4-9-24/h3-11,13,18H,12H2,1-2H3,(H,22,25). The van der Waals surface area contributed by atoms with Crippen molar-refractivity contribution in [2.24, 2.45) is 0 Å². The summed E-state index contributed by atoms with van der Waals surface area (Å²) in [7, 11) is 3.10. The van der Waals surface area contributed by atoms with Crippen molar-refractivity contribution in [3.05, 3.63) is 76.5 Å². The number of hydrogen-bond donors (Lipinski definition) is 1. The Balaban J connectivity index is 1.77. The number of benzene rings is 1. The summed E-state index contributed by atoms with van der Waals surface area (Å²) in [6.45, 7) is 0. The maximum absolute atomic E-state index is 13.9. The second-order valence-corrected chi connectivity index (χ2v) is 7.13. The van der Waals surface area contributed by atoms with Crippen molar-refractivity contribution in [1.82, 2.24) is 9.47 Å². The summed E-state index contributed by atoms with van der Waals surface area (Å²) >= 11 is 1.58. The first-order chi connectivity index (χ1) is 13.0. The molecule has 1 N–H and O–H groups in total. The highest BCUT2D eigenvalue weighted by atomic mass is 32.1. The molecular formula is C20H20FN3O2S. The van der Waals surface area contributed by atoms with E-state index in [1.165, 1.54) is 23.1 Å². The normalized spacial score (nSPS) is 11.8. The number of carbonyl (C=O) groups is 2. The van der Waals surface area contributed by atoms with Gasteiger partial charge in [0.1, 0.15) is 5.82 Å². The molecule has 5 nitrogen and oxygen atoms in total. The molecule has 1 unspecified atom stereocenters. The lowest BCUT2D eigenvalue weighted by atomic mass is 10.1. The maximum Gasteiger partial charge on any atom is 0.256 e. The van der Waals surface area contributed by atoms with Gasteiger partial charge in [0.05, 0.1) is 18.0 Å². The smallest absolute Gasteiger partial charge is 0.256 e. The Morgan fingerprint density at radius 3 is 2.59 bits per heavy atom. The van der Waals surface area contributed by atoms with Crippen LogP contribution in [0.15, 0.2) is 59.6 Å². The summed E-state index contributed by atoms with van der Waals surface area (Å²) in [5, 5.41) is 6.76. The van der Waals surface area contributed by atoms with Gasteiger partial charge in [-0.2, -0.15) is 11.3 Å². The lowest BCUT2D eigenvalue weighted by Crippen LogP contribution is -2.23. The van der Waals surface area contributed by atoms with Gasteiger partial charge in [0.2, 0.25) is 5.91 Å². The van der Waals surface area contributed by atoms with Crippen molar-refractivity contribution in [3.63, 3.8) is 0 Å². The molecule has 1 atom stereocenters. The number of thiophene rings is 1. The second-order valence-electron chi connectivity index (χ2n) is 6.35. The van der Waals surface area contributed by atoms with Gasteiger partial charge in [-0.3, -0.25) is 9.59 Å². The largest absolute Gasteiger partial charge is 0.346 e. The fourth-order valence-electron chi connectivity index (χ4n) is 2.81. The monoisotopic (exact) mass is 385 g/mol. The zero-order valence-corrected chi connectivity index (χ0v) is 15.9. The summed E-state index contributed by atoms with van der Waals surface area (Å²) in [5.74, 6) is -1.28. The lowest BCUT2D eigenvalue weighted by molar-refractivity contribution is -0.116. The van der Waals surface area contributed by atoms with E-state index in [1.807, 2.05) is 45.9 Å². The molecule has 140 valence electrons. The zero-order valence-electron chi connectivity index (χ0n) is 15.1. The first kappa shape index (κ1) is 18.8. The van der Waals surface area contributed by atoms with Crippen LogP contribution in [0, 0.1) is 5.82 Å². The van der Waals surface area contributed by atoms with E-state index in [9.17, 15) is 14.0 Å². The molecule has 27 heavy (non-hydrogen) atoms. The lowest BCUT2D eigenvalue weighted by Gasteiger charge is -2.18. The number of anilines is 1. The van der Waals surface area contributed by atoms with Gasteiger partial charge in [0, 0.05) is 32.2 Å². The molecule has 3 aromatic rings. The third kappa shape index (κ3) is 4.43. The topological polar surface area (TPSA) is 54.3 Å². The first-order valence-electron chi connectivity index (χ1n) is 8.41. The Kier molecular flexibility index (Phi) is 5.71. The Labute approximate surface area is 161 Å². The molecule has 0 fully saturated rings. The average Bonchev–Trinajstić information content (AvgIpc) is 3.34. The van der Waals surface area contributed by atoms with Gasteiger partial charge in [-0.25, -0.2) is 4.39 Å². The van der Waals surface area contributed by atoms with E-state index in [-0.39, 0.29) is 23.9 Å². The van der Waals surface area contributed by atoms with Crippen LogP contribution < -0.4 is 5.32 Å². The van der Waals surface area contributed by atoms with Crippen LogP contribution in [-0.4, -0.2) is 35.4 Å². The quantitative estimate of drug-likeness (QED) is 0.697. The highest BCUT2D eigenvalue weighted by molar-refractivity contribution is 7.08. The van der Waals surface area contributed by atoms with Crippen molar-refractivity contribution in [3.8, 4) is 0 Å². The van der Waals surface area contributed by atoms with Crippen LogP contribution in [0.5, 0.6) is 0 Å². The molecule has 1 aromatic carbocycles. The summed E-state index contributed by atoms with van der Waals surface area (Å²) < 4.78 is 15.9. The van der Waals surface area contributed by atoms with Crippen LogP contribution in [0.3, 0.4) is 0 Å². The fraction of sp³-hybridized carbons (Fsp3) is 0.200. The Morgan fingerprint density at radius 2 is 1.96 bits per heavy atom. The van der Waals surface area contributed by atoms with Gasteiger partial charge < -0.3 is 14.8 Å². The Hall–Kier alpha value is -2.93. The SMILES string of the molecule is CN(C)C(=O)c1cc(NC(=O)CC(c2ccsc2)n2cccc2)ccc1F.